The second-order valence-corrected chi connectivity index (χ2v) is 18.7. The number of aromatic nitrogens is 1. The van der Waals surface area contributed by atoms with E-state index in [1.807, 2.05) is 55.6 Å². The van der Waals surface area contributed by atoms with E-state index in [0.717, 1.165) is 16.1 Å². The van der Waals surface area contributed by atoms with E-state index in [1.165, 1.54) is 23.2 Å². The summed E-state index contributed by atoms with van der Waals surface area (Å²) in [5.74, 6) is -5.95. The maximum Gasteiger partial charge on any atom is 0.411 e. The second-order valence-electron chi connectivity index (χ2n) is 17.8. The molecule has 2 aromatic heterocycles. The Bertz CT molecular complexity index is 1980. The molecule has 13 atom stereocenters. The van der Waals surface area contributed by atoms with Gasteiger partial charge < -0.3 is 39.0 Å². The van der Waals surface area contributed by atoms with Gasteiger partial charge >= 0.3 is 18.2 Å². The fourth-order valence-electron chi connectivity index (χ4n) is 9.64. The van der Waals surface area contributed by atoms with Crippen molar-refractivity contribution in [3.63, 3.8) is 0 Å². The number of fused-ring (bicyclic) bond motifs is 4. The number of hydrogen-bond donors (Lipinski definition) is 2. The predicted octanol–water partition coefficient (Wildman–Crippen LogP) is 5.05. The van der Waals surface area contributed by atoms with E-state index < -0.39 is 89.5 Å². The molecule has 0 radical (unpaired) electrons. The van der Waals surface area contributed by atoms with Crippen LogP contribution >= 0.6 is 11.3 Å². The van der Waals surface area contributed by atoms with Gasteiger partial charge in [-0.1, -0.05) is 33.8 Å². The highest BCUT2D eigenvalue weighted by molar-refractivity contribution is 7.10. The summed E-state index contributed by atoms with van der Waals surface area (Å²) in [5, 5.41) is 16.4. The highest BCUT2D eigenvalue weighted by Crippen LogP contribution is 2.43. The number of aliphatic hydroxyl groups is 1. The fourth-order valence-corrected chi connectivity index (χ4v) is 10.4. The molecule has 4 saturated heterocycles. The van der Waals surface area contributed by atoms with Crippen molar-refractivity contribution < 1.29 is 52.8 Å². The van der Waals surface area contributed by atoms with Gasteiger partial charge in [0.05, 0.1) is 43.2 Å². The first-order valence-electron chi connectivity index (χ1n) is 21.2. The van der Waals surface area contributed by atoms with Crippen molar-refractivity contribution in [1.29, 1.82) is 0 Å². The summed E-state index contributed by atoms with van der Waals surface area (Å²) in [7, 11) is 3.66. The number of aliphatic imine (C=N–C) groups is 1. The van der Waals surface area contributed by atoms with Crippen molar-refractivity contribution in [3.8, 4) is 11.3 Å². The van der Waals surface area contributed by atoms with Gasteiger partial charge in [-0.15, -0.1) is 11.3 Å². The molecule has 4 fully saturated rings. The lowest BCUT2D eigenvalue weighted by Crippen LogP contribution is -2.60. The standard InChI is InChI=1S/C44H61N5O11S/c1-11-33-44(8)37-25(4)34(50)23(2)18-43(7,38(26(5)35(51)27(6)39(53)57-33)58-40-36(52)32(48(9)10)16-24(3)56-40)59-41(54)47-19-29(21-49(37)42(55)60-44)46-20-30-17-28(22-61-30)31-14-12-13-15-45-31/h12-15,17,22-27,32-33,36-38,40,52H,11,16,18-21H2,1-10H3,(H,47,54)/t23-,24-,25+,26+,27-,32+,33-,36-,37+,38-,40+,43-,44-/m1/s1. The van der Waals surface area contributed by atoms with Gasteiger partial charge in [0, 0.05) is 45.8 Å². The summed E-state index contributed by atoms with van der Waals surface area (Å²) in [6.45, 7) is 13.2. The number of carbonyl (C=O) groups excluding carboxylic acids is 5. The number of alkyl carbamates (subject to hydrolysis) is 1. The molecule has 0 spiro atoms. The zero-order chi connectivity index (χ0) is 44.6. The Morgan fingerprint density at radius 3 is 2.46 bits per heavy atom. The van der Waals surface area contributed by atoms with Crippen LogP contribution in [0.15, 0.2) is 40.8 Å². The number of thiophene rings is 1. The van der Waals surface area contributed by atoms with Crippen LogP contribution in [0.2, 0.25) is 0 Å². The van der Waals surface area contributed by atoms with E-state index >= 15 is 0 Å². The molecule has 0 unspecified atom stereocenters. The summed E-state index contributed by atoms with van der Waals surface area (Å²) in [5.41, 5.74) is -1.16. The fraction of sp³-hybridized carbons (Fsp3) is 0.659. The minimum Gasteiger partial charge on any atom is -0.458 e. The van der Waals surface area contributed by atoms with E-state index in [9.17, 15) is 29.1 Å². The Morgan fingerprint density at radius 1 is 1.05 bits per heavy atom. The lowest BCUT2D eigenvalue weighted by molar-refractivity contribution is -0.292. The number of carbonyl (C=O) groups is 5. The summed E-state index contributed by atoms with van der Waals surface area (Å²) < 4.78 is 31.4. The van der Waals surface area contributed by atoms with Crippen LogP contribution in [0.4, 0.5) is 9.59 Å². The summed E-state index contributed by atoms with van der Waals surface area (Å²) in [6, 6.07) is 6.31. The van der Waals surface area contributed by atoms with Crippen molar-refractivity contribution in [3.05, 3.63) is 40.7 Å². The Hall–Kier alpha value is -4.29. The van der Waals surface area contributed by atoms with Gasteiger partial charge in [-0.25, -0.2) is 9.59 Å². The van der Waals surface area contributed by atoms with Crippen molar-refractivity contribution in [2.24, 2.45) is 28.7 Å². The van der Waals surface area contributed by atoms with Gasteiger partial charge in [0.2, 0.25) is 0 Å². The molecule has 0 aliphatic carbocycles. The van der Waals surface area contributed by atoms with Crippen LogP contribution in [0, 0.1) is 23.7 Å². The Kier molecular flexibility index (Phi) is 14.1. The number of nitrogens with zero attached hydrogens (tertiary/aromatic N) is 4. The average Bonchev–Trinajstić information content (AvgIpc) is 3.80. The monoisotopic (exact) mass is 867 g/mol. The molecule has 17 heteroatoms. The number of Topliss-reactive ketones (excluding diaryl/α,β-unsaturated/α-hetero) is 2. The number of likely N-dealkylation sites (N-methyl/N-ethyl adjacent to an activating group) is 1. The highest BCUT2D eigenvalue weighted by Gasteiger charge is 2.61. The topological polar surface area (TPSA) is 195 Å². The van der Waals surface area contributed by atoms with Crippen LogP contribution < -0.4 is 5.32 Å². The molecule has 0 saturated carbocycles. The van der Waals surface area contributed by atoms with Gasteiger partial charge in [0.25, 0.3) is 0 Å². The van der Waals surface area contributed by atoms with E-state index in [4.69, 9.17) is 28.7 Å². The third-order valence-electron chi connectivity index (χ3n) is 12.9. The molecule has 334 valence electrons. The number of amides is 2. The normalized spacial score (nSPS) is 37.4. The quantitative estimate of drug-likeness (QED) is 0.214. The highest BCUT2D eigenvalue weighted by atomic mass is 32.1. The largest absolute Gasteiger partial charge is 0.458 e. The van der Waals surface area contributed by atoms with Crippen LogP contribution in [0.1, 0.15) is 79.5 Å². The molecule has 6 heterocycles. The van der Waals surface area contributed by atoms with Crippen molar-refractivity contribution in [1.82, 2.24) is 20.1 Å². The molecule has 61 heavy (non-hydrogen) atoms. The number of nitrogens with one attached hydrogen (secondary N) is 1. The lowest BCUT2D eigenvalue weighted by atomic mass is 9.73. The maximum absolute atomic E-state index is 14.9. The lowest BCUT2D eigenvalue weighted by Gasteiger charge is -2.47. The maximum atomic E-state index is 14.9. The molecule has 2 aromatic rings. The van der Waals surface area contributed by atoms with Crippen LogP contribution in [-0.4, -0.2) is 137 Å². The van der Waals surface area contributed by atoms with Gasteiger partial charge in [0.15, 0.2) is 17.7 Å². The Labute approximate surface area is 361 Å². The first-order chi connectivity index (χ1) is 28.8. The number of cyclic esters (lactones) is 1. The summed E-state index contributed by atoms with van der Waals surface area (Å²) in [6.07, 6.45) is -4.56. The first kappa shape index (κ1) is 46.2. The first-order valence-corrected chi connectivity index (χ1v) is 22.1. The third kappa shape index (κ3) is 9.55. The zero-order valence-corrected chi connectivity index (χ0v) is 37.6. The predicted molar refractivity (Wildman–Crippen MR) is 226 cm³/mol. The average molecular weight is 868 g/mol. The molecule has 16 nitrogen and oxygen atoms in total. The number of ether oxygens (including phenoxy) is 5. The van der Waals surface area contributed by atoms with E-state index in [0.29, 0.717) is 12.1 Å². The molecule has 2 N–H and O–H groups in total. The number of aliphatic hydroxyl groups excluding tert-OH is 1. The molecule has 0 aromatic carbocycles. The summed E-state index contributed by atoms with van der Waals surface area (Å²) in [4.78, 5) is 85.2. The SMILES string of the molecule is CC[C@H]1OC(=O)[C@H](C)C(=O)[C@H](C)[C@@H](O[C@@H]2O[C@H](C)C[C@H](N(C)C)[C@H]2O)[C@@]2(C)C[C@@H](C)C(=O)[C@H](C)[C@@H]3N(CC(=NCc4cc(-c5ccccn5)cs4)CNC(=O)O2)C(=O)O[C@@]31C. The van der Waals surface area contributed by atoms with Crippen molar-refractivity contribution in [2.45, 2.75) is 135 Å². The van der Waals surface area contributed by atoms with Gasteiger partial charge in [-0.3, -0.25) is 29.3 Å². The van der Waals surface area contributed by atoms with Crippen molar-refractivity contribution in [2.75, 3.05) is 27.2 Å². The number of esters is 1. The third-order valence-corrected chi connectivity index (χ3v) is 13.8. The number of rotatable bonds is 7. The molecule has 2 bridgehead atoms. The van der Waals surface area contributed by atoms with Crippen LogP contribution in [0.5, 0.6) is 0 Å². The number of pyridine rings is 1. The van der Waals surface area contributed by atoms with E-state index in [2.05, 4.69) is 10.3 Å². The zero-order valence-electron chi connectivity index (χ0n) is 36.8. The second kappa shape index (κ2) is 18.6. The minimum absolute atomic E-state index is 0.131. The Balaban J connectivity index is 1.47. The minimum atomic E-state index is -1.74. The number of hydrogen-bond acceptors (Lipinski definition) is 15. The van der Waals surface area contributed by atoms with Crippen molar-refractivity contribution >= 4 is 46.8 Å². The van der Waals surface area contributed by atoms with Crippen LogP contribution in [0.3, 0.4) is 0 Å². The van der Waals surface area contributed by atoms with E-state index in [-0.39, 0.29) is 50.4 Å². The summed E-state index contributed by atoms with van der Waals surface area (Å²) >= 11 is 1.49. The number of ketones is 2. The molecular formula is C44H61N5O11S. The van der Waals surface area contributed by atoms with Crippen LogP contribution in [0.25, 0.3) is 11.3 Å². The van der Waals surface area contributed by atoms with Gasteiger partial charge in [0.1, 0.15) is 35.6 Å². The molecule has 4 aliphatic rings. The smallest absolute Gasteiger partial charge is 0.411 e. The molecule has 6 rings (SSSR count). The van der Waals surface area contributed by atoms with E-state index in [1.54, 1.807) is 47.7 Å². The molecule has 4 aliphatic heterocycles. The van der Waals surface area contributed by atoms with Crippen LogP contribution in [-0.2, 0) is 44.6 Å². The van der Waals surface area contributed by atoms with Gasteiger partial charge in [-0.2, -0.15) is 0 Å². The molecular weight excluding hydrogens is 807 g/mol. The molecule has 2 amide bonds. The Morgan fingerprint density at radius 2 is 1.79 bits per heavy atom. The van der Waals surface area contributed by atoms with Gasteiger partial charge in [-0.05, 0) is 79.3 Å².